The van der Waals surface area contributed by atoms with E-state index in [0.717, 1.165) is 19.4 Å². The molecule has 0 bridgehead atoms. The molecule has 64 valence electrons. The first kappa shape index (κ1) is 7.07. The van der Waals surface area contributed by atoms with Gasteiger partial charge in [0.15, 0.2) is 0 Å². The molecule has 0 spiro atoms. The summed E-state index contributed by atoms with van der Waals surface area (Å²) >= 11 is 0. The van der Waals surface area contributed by atoms with Crippen LogP contribution in [-0.2, 0) is 6.42 Å². The predicted octanol–water partition coefficient (Wildman–Crippen LogP) is 2.47. The van der Waals surface area contributed by atoms with E-state index in [-0.39, 0.29) is 0 Å². The highest BCUT2D eigenvalue weighted by atomic mass is 14.7. The van der Waals surface area contributed by atoms with Gasteiger partial charge in [-0.05, 0) is 35.1 Å². The summed E-state index contributed by atoms with van der Waals surface area (Å²) in [5.41, 5.74) is 5.91. The number of benzene rings is 1. The standard InChI is InChI=1S/C12H11N/c1-2-4-11-9(3-1)7-10-8-13-6-5-12(10)11/h1-4,8H,5-7H2. The number of dihydropyridines is 1. The van der Waals surface area contributed by atoms with E-state index in [4.69, 9.17) is 0 Å². The second-order valence-electron chi connectivity index (χ2n) is 3.62. The first-order valence-corrected chi connectivity index (χ1v) is 4.75. The number of nitrogens with zero attached hydrogens (tertiary/aromatic N) is 1. The van der Waals surface area contributed by atoms with Crippen LogP contribution in [0.4, 0.5) is 0 Å². The number of rotatable bonds is 0. The van der Waals surface area contributed by atoms with Crippen LogP contribution in [0.1, 0.15) is 17.5 Å². The highest BCUT2D eigenvalue weighted by Gasteiger charge is 2.20. The van der Waals surface area contributed by atoms with E-state index in [1.54, 1.807) is 0 Å². The normalized spacial score (nSPS) is 18.8. The highest BCUT2D eigenvalue weighted by molar-refractivity contribution is 5.96. The van der Waals surface area contributed by atoms with Crippen LogP contribution in [0, 0.1) is 0 Å². The molecular weight excluding hydrogens is 158 g/mol. The topological polar surface area (TPSA) is 12.4 Å². The minimum atomic E-state index is 0.965. The number of hydrogen-bond acceptors (Lipinski definition) is 1. The molecule has 2 aliphatic rings. The Morgan fingerprint density at radius 2 is 2.08 bits per heavy atom. The van der Waals surface area contributed by atoms with Crippen molar-refractivity contribution in [2.45, 2.75) is 12.8 Å². The molecule has 1 aliphatic heterocycles. The summed E-state index contributed by atoms with van der Waals surface area (Å²) in [6, 6.07) is 8.70. The number of fused-ring (bicyclic) bond motifs is 2. The van der Waals surface area contributed by atoms with Gasteiger partial charge in [-0.3, -0.25) is 4.99 Å². The van der Waals surface area contributed by atoms with E-state index in [1.165, 1.54) is 22.3 Å². The van der Waals surface area contributed by atoms with Crippen LogP contribution >= 0.6 is 0 Å². The van der Waals surface area contributed by atoms with E-state index in [2.05, 4.69) is 35.5 Å². The van der Waals surface area contributed by atoms with Crippen LogP contribution in [0.25, 0.3) is 5.57 Å². The summed E-state index contributed by atoms with van der Waals surface area (Å²) in [5, 5.41) is 0. The fourth-order valence-corrected chi connectivity index (χ4v) is 2.22. The summed E-state index contributed by atoms with van der Waals surface area (Å²) in [4.78, 5) is 4.32. The largest absolute Gasteiger partial charge is 0.293 e. The third kappa shape index (κ3) is 0.966. The van der Waals surface area contributed by atoms with Gasteiger partial charge in [0.05, 0.1) is 0 Å². The lowest BCUT2D eigenvalue weighted by Gasteiger charge is -2.07. The number of aliphatic imine (C=N–C) groups is 1. The van der Waals surface area contributed by atoms with Crippen molar-refractivity contribution in [2.75, 3.05) is 6.54 Å². The highest BCUT2D eigenvalue weighted by Crippen LogP contribution is 2.35. The van der Waals surface area contributed by atoms with E-state index in [0.29, 0.717) is 0 Å². The molecule has 1 nitrogen and oxygen atoms in total. The van der Waals surface area contributed by atoms with E-state index in [1.807, 2.05) is 0 Å². The van der Waals surface area contributed by atoms with Crippen LogP contribution in [0.2, 0.25) is 0 Å². The first-order valence-electron chi connectivity index (χ1n) is 4.75. The minimum absolute atomic E-state index is 0.965. The molecular formula is C12H11N. The third-order valence-corrected chi connectivity index (χ3v) is 2.85. The number of allylic oxidation sites excluding steroid dienone is 1. The van der Waals surface area contributed by atoms with Crippen molar-refractivity contribution >= 4 is 11.8 Å². The lowest BCUT2D eigenvalue weighted by Crippen LogP contribution is -1.96. The monoisotopic (exact) mass is 169 g/mol. The zero-order valence-electron chi connectivity index (χ0n) is 7.46. The van der Waals surface area contributed by atoms with Gasteiger partial charge in [-0.2, -0.15) is 0 Å². The van der Waals surface area contributed by atoms with E-state index < -0.39 is 0 Å². The average molecular weight is 169 g/mol. The van der Waals surface area contributed by atoms with Gasteiger partial charge in [0.25, 0.3) is 0 Å². The van der Waals surface area contributed by atoms with Crippen LogP contribution in [0.3, 0.4) is 0 Å². The zero-order chi connectivity index (χ0) is 8.67. The second-order valence-corrected chi connectivity index (χ2v) is 3.62. The smallest absolute Gasteiger partial charge is 0.0430 e. The first-order chi connectivity index (χ1) is 6.45. The lowest BCUT2D eigenvalue weighted by atomic mass is 10.0. The van der Waals surface area contributed by atoms with Crippen LogP contribution in [-0.4, -0.2) is 12.8 Å². The van der Waals surface area contributed by atoms with E-state index in [9.17, 15) is 0 Å². The Balaban J connectivity index is 2.18. The van der Waals surface area contributed by atoms with Gasteiger partial charge < -0.3 is 0 Å². The molecule has 0 aromatic heterocycles. The van der Waals surface area contributed by atoms with Gasteiger partial charge in [-0.1, -0.05) is 24.3 Å². The van der Waals surface area contributed by atoms with Gasteiger partial charge in [-0.15, -0.1) is 0 Å². The Kier molecular flexibility index (Phi) is 1.39. The number of hydrogen-bond donors (Lipinski definition) is 0. The summed E-state index contributed by atoms with van der Waals surface area (Å²) in [6.45, 7) is 0.965. The lowest BCUT2D eigenvalue weighted by molar-refractivity contribution is 1.01. The Bertz CT molecular complexity index is 413. The van der Waals surface area contributed by atoms with Crippen molar-refractivity contribution in [1.82, 2.24) is 0 Å². The second kappa shape index (κ2) is 2.56. The fourth-order valence-electron chi connectivity index (χ4n) is 2.22. The van der Waals surface area contributed by atoms with Crippen LogP contribution in [0.15, 0.2) is 34.8 Å². The summed E-state index contributed by atoms with van der Waals surface area (Å²) in [5.74, 6) is 0. The quantitative estimate of drug-likeness (QED) is 0.565. The molecule has 0 amide bonds. The van der Waals surface area contributed by atoms with Crippen molar-refractivity contribution in [1.29, 1.82) is 0 Å². The molecule has 0 saturated carbocycles. The maximum Gasteiger partial charge on any atom is 0.0430 e. The van der Waals surface area contributed by atoms with Gasteiger partial charge in [0.1, 0.15) is 0 Å². The molecule has 1 aromatic rings. The molecule has 3 rings (SSSR count). The molecule has 1 aliphatic carbocycles. The summed E-state index contributed by atoms with van der Waals surface area (Å²) in [6.07, 6.45) is 4.27. The molecule has 0 saturated heterocycles. The Labute approximate surface area is 77.8 Å². The van der Waals surface area contributed by atoms with Gasteiger partial charge in [0.2, 0.25) is 0 Å². The molecule has 0 atom stereocenters. The van der Waals surface area contributed by atoms with Crippen molar-refractivity contribution in [2.24, 2.45) is 4.99 Å². The van der Waals surface area contributed by atoms with Crippen molar-refractivity contribution in [3.63, 3.8) is 0 Å². The fraction of sp³-hybridized carbons (Fsp3) is 0.250. The van der Waals surface area contributed by atoms with Gasteiger partial charge >= 0.3 is 0 Å². The SMILES string of the molecule is C1=NCCC2=C1Cc1ccccc12. The Morgan fingerprint density at radius 1 is 1.15 bits per heavy atom. The molecule has 0 fully saturated rings. The molecule has 1 heteroatoms. The zero-order valence-corrected chi connectivity index (χ0v) is 7.46. The van der Waals surface area contributed by atoms with Crippen LogP contribution in [0.5, 0.6) is 0 Å². The van der Waals surface area contributed by atoms with E-state index >= 15 is 0 Å². The minimum Gasteiger partial charge on any atom is -0.293 e. The Morgan fingerprint density at radius 3 is 3.08 bits per heavy atom. The molecule has 0 unspecified atom stereocenters. The molecule has 13 heavy (non-hydrogen) atoms. The maximum absolute atomic E-state index is 4.32. The third-order valence-electron chi connectivity index (χ3n) is 2.85. The van der Waals surface area contributed by atoms with Gasteiger partial charge in [-0.25, -0.2) is 0 Å². The molecule has 1 heterocycles. The van der Waals surface area contributed by atoms with Crippen molar-refractivity contribution < 1.29 is 0 Å². The van der Waals surface area contributed by atoms with Crippen molar-refractivity contribution in [3.8, 4) is 0 Å². The Hall–Kier alpha value is -1.37. The molecule has 0 radical (unpaired) electrons. The summed E-state index contributed by atoms with van der Waals surface area (Å²) < 4.78 is 0. The van der Waals surface area contributed by atoms with Crippen molar-refractivity contribution in [3.05, 3.63) is 41.0 Å². The molecule has 0 N–H and O–H groups in total. The average Bonchev–Trinajstić information content (AvgIpc) is 2.56. The molecule has 1 aromatic carbocycles. The summed E-state index contributed by atoms with van der Waals surface area (Å²) in [7, 11) is 0. The van der Waals surface area contributed by atoms with Crippen LogP contribution < -0.4 is 0 Å². The maximum atomic E-state index is 4.32. The van der Waals surface area contributed by atoms with Gasteiger partial charge in [0, 0.05) is 12.8 Å². The predicted molar refractivity (Wildman–Crippen MR) is 55.0 cm³/mol.